The Morgan fingerprint density at radius 1 is 1.13 bits per heavy atom. The van der Waals surface area contributed by atoms with Gasteiger partial charge in [0.15, 0.2) is 0 Å². The van der Waals surface area contributed by atoms with E-state index >= 15 is 0 Å². The molecule has 124 valence electrons. The van der Waals surface area contributed by atoms with Crippen LogP contribution in [-0.2, 0) is 0 Å². The summed E-state index contributed by atoms with van der Waals surface area (Å²) < 4.78 is 0. The molecule has 0 spiro atoms. The first kappa shape index (κ1) is 15.3. The molecule has 2 aromatic heterocycles. The van der Waals surface area contributed by atoms with Crippen LogP contribution >= 0.6 is 11.3 Å². The predicted molar refractivity (Wildman–Crippen MR) is 97.5 cm³/mol. The second-order valence-electron chi connectivity index (χ2n) is 7.16. The lowest BCUT2D eigenvalue weighted by atomic mass is 10.1. The minimum absolute atomic E-state index is 0.789. The van der Waals surface area contributed by atoms with E-state index in [9.17, 15) is 0 Å². The van der Waals surface area contributed by atoms with Gasteiger partial charge in [-0.15, -0.1) is 11.3 Å². The van der Waals surface area contributed by atoms with E-state index in [4.69, 9.17) is 4.98 Å². The quantitative estimate of drug-likeness (QED) is 0.860. The van der Waals surface area contributed by atoms with Crippen LogP contribution in [0, 0.1) is 19.8 Å². The van der Waals surface area contributed by atoms with Crippen molar-refractivity contribution >= 4 is 27.4 Å². The molecule has 0 amide bonds. The maximum Gasteiger partial charge on any atom is 0.141 e. The molecule has 0 saturated carbocycles. The number of aromatic nitrogens is 2. The first-order chi connectivity index (χ1) is 11.2. The molecule has 0 aliphatic carbocycles. The van der Waals surface area contributed by atoms with E-state index < -0.39 is 0 Å². The number of hydrogen-bond donors (Lipinski definition) is 0. The Morgan fingerprint density at radius 2 is 1.96 bits per heavy atom. The molecular weight excluding hydrogens is 304 g/mol. The van der Waals surface area contributed by atoms with Gasteiger partial charge in [0.1, 0.15) is 16.5 Å². The smallest absolute Gasteiger partial charge is 0.141 e. The highest BCUT2D eigenvalue weighted by Gasteiger charge is 2.27. The fourth-order valence-electron chi connectivity index (χ4n) is 4.08. The number of hydrogen-bond acceptors (Lipinski definition) is 5. The fourth-order valence-corrected chi connectivity index (χ4v) is 5.04. The summed E-state index contributed by atoms with van der Waals surface area (Å²) in [6, 6.07) is 0. The average Bonchev–Trinajstić information content (AvgIpc) is 3.15. The molecule has 5 heteroatoms. The second-order valence-corrected chi connectivity index (χ2v) is 8.01. The summed E-state index contributed by atoms with van der Waals surface area (Å²) in [5.74, 6) is 2.86. The van der Waals surface area contributed by atoms with Crippen molar-refractivity contribution in [1.29, 1.82) is 0 Å². The lowest BCUT2D eigenvalue weighted by Crippen LogP contribution is -2.35. The molecule has 4 heterocycles. The zero-order chi connectivity index (χ0) is 15.8. The normalized spacial score (nSPS) is 23.0. The Balaban J connectivity index is 1.52. The first-order valence-corrected chi connectivity index (χ1v) is 9.78. The first-order valence-electron chi connectivity index (χ1n) is 8.90. The number of anilines is 1. The number of thiophene rings is 1. The van der Waals surface area contributed by atoms with E-state index in [0.717, 1.165) is 29.7 Å². The average molecular weight is 331 g/mol. The summed E-state index contributed by atoms with van der Waals surface area (Å²) >= 11 is 1.74. The summed E-state index contributed by atoms with van der Waals surface area (Å²) in [7, 11) is 0. The monoisotopic (exact) mass is 330 g/mol. The molecule has 0 radical (unpaired) electrons. The molecule has 2 fully saturated rings. The molecule has 4 rings (SSSR count). The highest BCUT2D eigenvalue weighted by molar-refractivity contribution is 7.17. The molecule has 4 nitrogen and oxygen atoms in total. The maximum atomic E-state index is 4.81. The van der Waals surface area contributed by atoms with Crippen molar-refractivity contribution in [3.8, 4) is 0 Å². The minimum Gasteiger partial charge on any atom is -0.356 e. The van der Waals surface area contributed by atoms with Gasteiger partial charge in [-0.1, -0.05) is 6.42 Å². The third-order valence-corrected chi connectivity index (χ3v) is 6.25. The second kappa shape index (κ2) is 6.36. The third kappa shape index (κ3) is 3.09. The summed E-state index contributed by atoms with van der Waals surface area (Å²) in [6.07, 6.45) is 5.49. The number of likely N-dealkylation sites (tertiary alicyclic amines) is 1. The van der Waals surface area contributed by atoms with Gasteiger partial charge in [0, 0.05) is 19.6 Å². The van der Waals surface area contributed by atoms with Gasteiger partial charge in [-0.05, 0) is 63.1 Å². The number of piperidine rings is 1. The van der Waals surface area contributed by atoms with Crippen molar-refractivity contribution < 1.29 is 0 Å². The maximum absolute atomic E-state index is 4.81. The number of aryl methyl sites for hydroxylation is 2. The van der Waals surface area contributed by atoms with Crippen molar-refractivity contribution in [2.75, 3.05) is 37.6 Å². The molecule has 1 atom stereocenters. The SMILES string of the molecule is Cc1nc(N2CCC(CN3CCCCC3)C2)c2c(C)csc2n1. The highest BCUT2D eigenvalue weighted by atomic mass is 32.1. The van der Waals surface area contributed by atoms with Crippen molar-refractivity contribution in [2.45, 2.75) is 39.5 Å². The fraction of sp³-hybridized carbons (Fsp3) is 0.667. The summed E-state index contributed by atoms with van der Waals surface area (Å²) in [5.41, 5.74) is 1.32. The van der Waals surface area contributed by atoms with Gasteiger partial charge in [0.2, 0.25) is 0 Å². The molecule has 0 aromatic carbocycles. The van der Waals surface area contributed by atoms with Gasteiger partial charge in [-0.3, -0.25) is 0 Å². The predicted octanol–water partition coefficient (Wildman–Crippen LogP) is 3.62. The summed E-state index contributed by atoms with van der Waals surface area (Å²) in [6.45, 7) is 10.4. The standard InChI is InChI=1S/C18H26N4S/c1-13-12-23-18-16(13)17(19-14(2)20-18)22-9-6-15(11-22)10-21-7-4-3-5-8-21/h12,15H,3-11H2,1-2H3. The molecule has 2 aliphatic rings. The Morgan fingerprint density at radius 3 is 2.78 bits per heavy atom. The number of rotatable bonds is 3. The molecule has 0 N–H and O–H groups in total. The van der Waals surface area contributed by atoms with E-state index in [1.54, 1.807) is 11.3 Å². The molecule has 2 aromatic rings. The van der Waals surface area contributed by atoms with E-state index in [-0.39, 0.29) is 0 Å². The van der Waals surface area contributed by atoms with Crippen LogP contribution in [0.2, 0.25) is 0 Å². The zero-order valence-corrected chi connectivity index (χ0v) is 15.0. The van der Waals surface area contributed by atoms with Crippen LogP contribution in [-0.4, -0.2) is 47.6 Å². The van der Waals surface area contributed by atoms with Gasteiger partial charge in [-0.2, -0.15) is 0 Å². The van der Waals surface area contributed by atoms with Crippen LogP contribution in [0.1, 0.15) is 37.1 Å². The van der Waals surface area contributed by atoms with Crippen LogP contribution in [0.15, 0.2) is 5.38 Å². The topological polar surface area (TPSA) is 32.3 Å². The lowest BCUT2D eigenvalue weighted by Gasteiger charge is -2.29. The number of fused-ring (bicyclic) bond motifs is 1. The lowest BCUT2D eigenvalue weighted by molar-refractivity contribution is 0.201. The Bertz CT molecular complexity index is 690. The summed E-state index contributed by atoms with van der Waals surface area (Å²) in [4.78, 5) is 15.7. The van der Waals surface area contributed by atoms with Gasteiger partial charge < -0.3 is 9.80 Å². The Labute approximate surface area is 142 Å². The van der Waals surface area contributed by atoms with Crippen molar-refractivity contribution in [3.05, 3.63) is 16.8 Å². The van der Waals surface area contributed by atoms with Gasteiger partial charge >= 0.3 is 0 Å². The largest absolute Gasteiger partial charge is 0.356 e. The molecule has 1 unspecified atom stereocenters. The third-order valence-electron chi connectivity index (χ3n) is 5.26. The van der Waals surface area contributed by atoms with E-state index in [0.29, 0.717) is 0 Å². The van der Waals surface area contributed by atoms with Crippen LogP contribution in [0.5, 0.6) is 0 Å². The van der Waals surface area contributed by atoms with Crippen LogP contribution in [0.3, 0.4) is 0 Å². The van der Waals surface area contributed by atoms with E-state index in [2.05, 4.69) is 27.1 Å². The molecule has 2 saturated heterocycles. The Hall–Kier alpha value is -1.20. The number of nitrogens with zero attached hydrogens (tertiary/aromatic N) is 4. The van der Waals surface area contributed by atoms with Crippen molar-refractivity contribution in [2.24, 2.45) is 5.92 Å². The highest BCUT2D eigenvalue weighted by Crippen LogP contribution is 2.34. The molecular formula is C18H26N4S. The Kier molecular flexibility index (Phi) is 4.24. The van der Waals surface area contributed by atoms with Crippen molar-refractivity contribution in [3.63, 3.8) is 0 Å². The van der Waals surface area contributed by atoms with Crippen LogP contribution in [0.25, 0.3) is 10.2 Å². The zero-order valence-electron chi connectivity index (χ0n) is 14.2. The molecule has 0 bridgehead atoms. The van der Waals surface area contributed by atoms with Gasteiger partial charge in [0.05, 0.1) is 5.39 Å². The van der Waals surface area contributed by atoms with E-state index in [1.807, 2.05) is 6.92 Å². The van der Waals surface area contributed by atoms with Gasteiger partial charge in [0.25, 0.3) is 0 Å². The molecule has 23 heavy (non-hydrogen) atoms. The minimum atomic E-state index is 0.789. The summed E-state index contributed by atoms with van der Waals surface area (Å²) in [5, 5.41) is 3.49. The van der Waals surface area contributed by atoms with E-state index in [1.165, 1.54) is 62.1 Å². The molecule has 2 aliphatic heterocycles. The van der Waals surface area contributed by atoms with Crippen LogP contribution < -0.4 is 4.90 Å². The van der Waals surface area contributed by atoms with Crippen LogP contribution in [0.4, 0.5) is 5.82 Å². The van der Waals surface area contributed by atoms with Crippen molar-refractivity contribution in [1.82, 2.24) is 14.9 Å². The van der Waals surface area contributed by atoms with Gasteiger partial charge in [-0.25, -0.2) is 9.97 Å².